The van der Waals surface area contributed by atoms with Crippen LogP contribution in [0.1, 0.15) is 37.8 Å². The molecule has 158 valence electrons. The van der Waals surface area contributed by atoms with Crippen LogP contribution in [0, 0.1) is 6.92 Å². The Morgan fingerprint density at radius 1 is 1.20 bits per heavy atom. The molecule has 30 heavy (non-hydrogen) atoms. The summed E-state index contributed by atoms with van der Waals surface area (Å²) in [4.78, 5) is 20.6. The molecule has 2 aromatic carbocycles. The van der Waals surface area contributed by atoms with Crippen LogP contribution < -0.4 is 4.74 Å². The van der Waals surface area contributed by atoms with Gasteiger partial charge in [-0.3, -0.25) is 4.79 Å². The fourth-order valence-electron chi connectivity index (χ4n) is 3.73. The molecular weight excluding hydrogens is 412 g/mol. The van der Waals surface area contributed by atoms with Crippen LogP contribution in [-0.2, 0) is 11.2 Å². The molecule has 0 bridgehead atoms. The van der Waals surface area contributed by atoms with Crippen LogP contribution in [0.5, 0.6) is 5.19 Å². The molecule has 0 unspecified atom stereocenters. The van der Waals surface area contributed by atoms with Gasteiger partial charge in [0.15, 0.2) is 0 Å². The molecule has 1 fully saturated rings. The average Bonchev–Trinajstić information content (AvgIpc) is 3.13. The second kappa shape index (κ2) is 9.40. The number of para-hydroxylation sites is 1. The first kappa shape index (κ1) is 21.2. The zero-order valence-electron chi connectivity index (χ0n) is 17.8. The molecule has 0 radical (unpaired) electrons. The fourth-order valence-corrected chi connectivity index (χ4v) is 5.52. The third kappa shape index (κ3) is 5.16. The van der Waals surface area contributed by atoms with Gasteiger partial charge in [0.05, 0.1) is 16.6 Å². The van der Waals surface area contributed by atoms with Gasteiger partial charge in [-0.05, 0) is 36.2 Å². The van der Waals surface area contributed by atoms with Gasteiger partial charge >= 0.3 is 0 Å². The van der Waals surface area contributed by atoms with Crippen LogP contribution in [0.3, 0.4) is 0 Å². The van der Waals surface area contributed by atoms with Gasteiger partial charge in [0.25, 0.3) is 5.19 Å². The van der Waals surface area contributed by atoms with Gasteiger partial charge in [0, 0.05) is 36.1 Å². The number of carbonyl (C=O) groups is 1. The lowest BCUT2D eigenvalue weighted by Crippen LogP contribution is -2.42. The van der Waals surface area contributed by atoms with Crippen molar-refractivity contribution in [1.82, 2.24) is 9.88 Å². The highest BCUT2D eigenvalue weighted by atomic mass is 32.2. The number of benzene rings is 2. The predicted octanol–water partition coefficient (Wildman–Crippen LogP) is 5.72. The number of likely N-dealkylation sites (tertiary alicyclic amines) is 1. The number of aryl methyl sites for hydroxylation is 1. The highest BCUT2D eigenvalue weighted by Crippen LogP contribution is 2.31. The largest absolute Gasteiger partial charge is 0.467 e. The predicted molar refractivity (Wildman–Crippen MR) is 126 cm³/mol. The number of thioether (sulfide) groups is 1. The van der Waals surface area contributed by atoms with Crippen molar-refractivity contribution < 1.29 is 9.53 Å². The number of hydrogen-bond donors (Lipinski definition) is 0. The lowest BCUT2D eigenvalue weighted by atomic mass is 10.1. The number of nitrogens with zero attached hydrogens (tertiary/aromatic N) is 2. The molecule has 2 heterocycles. The molecule has 1 aliphatic rings. The summed E-state index contributed by atoms with van der Waals surface area (Å²) in [5.41, 5.74) is 3.29. The summed E-state index contributed by atoms with van der Waals surface area (Å²) >= 11 is 3.45. The normalized spacial score (nSPS) is 15.1. The molecule has 4 nitrogen and oxygen atoms in total. The Balaban J connectivity index is 1.28. The van der Waals surface area contributed by atoms with Crippen molar-refractivity contribution in [2.24, 2.45) is 0 Å². The van der Waals surface area contributed by atoms with E-state index in [1.54, 1.807) is 11.3 Å². The number of fused-ring (bicyclic) bond motifs is 1. The summed E-state index contributed by atoms with van der Waals surface area (Å²) in [6.45, 7) is 7.94. The zero-order valence-corrected chi connectivity index (χ0v) is 19.4. The number of carbonyl (C=O) groups excluding carboxylic acids is 1. The van der Waals surface area contributed by atoms with Crippen molar-refractivity contribution in [3.05, 3.63) is 53.6 Å². The van der Waals surface area contributed by atoms with Crippen LogP contribution >= 0.6 is 23.1 Å². The Morgan fingerprint density at radius 2 is 1.93 bits per heavy atom. The van der Waals surface area contributed by atoms with E-state index in [-0.39, 0.29) is 12.0 Å². The monoisotopic (exact) mass is 440 g/mol. The van der Waals surface area contributed by atoms with E-state index in [1.165, 1.54) is 10.5 Å². The Morgan fingerprint density at radius 3 is 2.60 bits per heavy atom. The average molecular weight is 441 g/mol. The molecule has 0 saturated carbocycles. The Hall–Kier alpha value is -2.05. The second-order valence-electron chi connectivity index (χ2n) is 8.09. The minimum absolute atomic E-state index is 0.127. The topological polar surface area (TPSA) is 42.4 Å². The SMILES string of the molecule is Cc1cccc2sc(OC3CCN(C(=O)Cc4ccc(SC(C)C)cc4)CC3)nc12. The van der Waals surface area contributed by atoms with Gasteiger partial charge in [-0.25, -0.2) is 4.98 Å². The smallest absolute Gasteiger partial charge is 0.274 e. The maximum absolute atomic E-state index is 12.7. The fraction of sp³-hybridized carbons (Fsp3) is 0.417. The number of amides is 1. The summed E-state index contributed by atoms with van der Waals surface area (Å²) in [7, 11) is 0. The molecule has 3 aromatic rings. The first-order valence-electron chi connectivity index (χ1n) is 10.5. The van der Waals surface area contributed by atoms with Gasteiger partial charge in [-0.1, -0.05) is 49.4 Å². The third-order valence-electron chi connectivity index (χ3n) is 5.31. The zero-order chi connectivity index (χ0) is 21.1. The van der Waals surface area contributed by atoms with Crippen LogP contribution in [0.4, 0.5) is 0 Å². The molecule has 0 spiro atoms. The minimum Gasteiger partial charge on any atom is -0.467 e. The van der Waals surface area contributed by atoms with E-state index in [4.69, 9.17) is 4.74 Å². The summed E-state index contributed by atoms with van der Waals surface area (Å²) < 4.78 is 7.32. The molecule has 1 amide bonds. The van der Waals surface area contributed by atoms with Crippen LogP contribution in [0.25, 0.3) is 10.2 Å². The lowest BCUT2D eigenvalue weighted by Gasteiger charge is -2.31. The van der Waals surface area contributed by atoms with Crippen LogP contribution in [-0.4, -0.2) is 40.2 Å². The van der Waals surface area contributed by atoms with E-state index in [1.807, 2.05) is 16.7 Å². The van der Waals surface area contributed by atoms with E-state index >= 15 is 0 Å². The van der Waals surface area contributed by atoms with Crippen molar-refractivity contribution >= 4 is 39.2 Å². The number of ether oxygens (including phenoxy) is 1. The van der Waals surface area contributed by atoms with Gasteiger partial charge in [0.1, 0.15) is 6.10 Å². The maximum atomic E-state index is 12.7. The number of piperidine rings is 1. The van der Waals surface area contributed by atoms with Crippen molar-refractivity contribution in [3.63, 3.8) is 0 Å². The maximum Gasteiger partial charge on any atom is 0.274 e. The number of thiazole rings is 1. The van der Waals surface area contributed by atoms with Gasteiger partial charge in [0.2, 0.25) is 5.91 Å². The quantitative estimate of drug-likeness (QED) is 0.460. The van der Waals surface area contributed by atoms with Crippen LogP contribution in [0.15, 0.2) is 47.4 Å². The minimum atomic E-state index is 0.127. The van der Waals surface area contributed by atoms with Crippen molar-refractivity contribution in [2.75, 3.05) is 13.1 Å². The lowest BCUT2D eigenvalue weighted by molar-refractivity contribution is -0.132. The number of rotatable bonds is 6. The summed E-state index contributed by atoms with van der Waals surface area (Å²) in [5, 5.41) is 1.30. The summed E-state index contributed by atoms with van der Waals surface area (Å²) in [5.74, 6) is 0.202. The van der Waals surface area contributed by atoms with Crippen molar-refractivity contribution in [1.29, 1.82) is 0 Å². The molecule has 6 heteroatoms. The molecule has 0 atom stereocenters. The summed E-state index contributed by atoms with van der Waals surface area (Å²) in [6.07, 6.45) is 2.30. The standard InChI is InChI=1S/C24H28N2O2S2/c1-16(2)29-20-9-7-18(8-10-20)15-22(27)26-13-11-19(12-14-26)28-24-25-23-17(3)5-4-6-21(23)30-24/h4-10,16,19H,11-15H2,1-3H3. The molecule has 1 aliphatic heterocycles. The van der Waals surface area contributed by atoms with Crippen molar-refractivity contribution in [3.8, 4) is 5.19 Å². The van der Waals surface area contributed by atoms with Gasteiger partial charge in [-0.15, -0.1) is 11.8 Å². The first-order chi connectivity index (χ1) is 14.5. The Bertz CT molecular complexity index is 1010. The first-order valence-corrected chi connectivity index (χ1v) is 12.2. The highest BCUT2D eigenvalue weighted by molar-refractivity contribution is 7.99. The van der Waals surface area contributed by atoms with E-state index in [2.05, 4.69) is 68.2 Å². The van der Waals surface area contributed by atoms with E-state index in [0.717, 1.165) is 46.9 Å². The molecular formula is C24H28N2O2S2. The summed E-state index contributed by atoms with van der Waals surface area (Å²) in [6, 6.07) is 14.6. The van der Waals surface area contributed by atoms with Crippen molar-refractivity contribution in [2.45, 2.75) is 56.3 Å². The second-order valence-corrected chi connectivity index (χ2v) is 10.7. The Labute approximate surface area is 186 Å². The number of hydrogen-bond acceptors (Lipinski definition) is 5. The molecule has 0 aliphatic carbocycles. The third-order valence-corrected chi connectivity index (χ3v) is 7.24. The molecule has 1 saturated heterocycles. The highest BCUT2D eigenvalue weighted by Gasteiger charge is 2.25. The number of aromatic nitrogens is 1. The molecule has 0 N–H and O–H groups in total. The van der Waals surface area contributed by atoms with Gasteiger partial charge in [-0.2, -0.15) is 0 Å². The molecule has 4 rings (SSSR count). The van der Waals surface area contributed by atoms with E-state index in [0.29, 0.717) is 11.7 Å². The van der Waals surface area contributed by atoms with E-state index < -0.39 is 0 Å². The molecule has 1 aromatic heterocycles. The van der Waals surface area contributed by atoms with Gasteiger partial charge < -0.3 is 9.64 Å². The van der Waals surface area contributed by atoms with E-state index in [9.17, 15) is 4.79 Å². The van der Waals surface area contributed by atoms with Crippen LogP contribution in [0.2, 0.25) is 0 Å². The Kier molecular flexibility index (Phi) is 6.64.